The van der Waals surface area contributed by atoms with Gasteiger partial charge >= 0.3 is 0 Å². The zero-order valence-corrected chi connectivity index (χ0v) is 16.4. The predicted molar refractivity (Wildman–Crippen MR) is 111 cm³/mol. The summed E-state index contributed by atoms with van der Waals surface area (Å²) in [6, 6.07) is 4.04. The maximum atomic E-state index is 12.5. The number of carbonyl (C=O) groups is 1. The molecule has 0 aromatic carbocycles. The van der Waals surface area contributed by atoms with Crippen molar-refractivity contribution >= 4 is 23.1 Å². The molecule has 0 spiro atoms. The summed E-state index contributed by atoms with van der Waals surface area (Å²) in [5.41, 5.74) is 4.97. The Morgan fingerprint density at radius 2 is 1.93 bits per heavy atom. The molecule has 2 N–H and O–H groups in total. The number of pyridine rings is 2. The second-order valence-electron chi connectivity index (χ2n) is 7.52. The van der Waals surface area contributed by atoms with Crippen LogP contribution < -0.4 is 15.5 Å². The van der Waals surface area contributed by atoms with Gasteiger partial charge in [0.2, 0.25) is 0 Å². The molecule has 1 amide bonds. The van der Waals surface area contributed by atoms with Crippen molar-refractivity contribution in [1.29, 1.82) is 0 Å². The van der Waals surface area contributed by atoms with E-state index >= 15 is 0 Å². The van der Waals surface area contributed by atoms with Gasteiger partial charge in [0.25, 0.3) is 5.91 Å². The zero-order chi connectivity index (χ0) is 19.8. The van der Waals surface area contributed by atoms with Gasteiger partial charge in [0, 0.05) is 32.2 Å². The summed E-state index contributed by atoms with van der Waals surface area (Å²) >= 11 is 0. The highest BCUT2D eigenvalue weighted by molar-refractivity contribution is 6.05. The van der Waals surface area contributed by atoms with Gasteiger partial charge in [0.05, 0.1) is 53.2 Å². The van der Waals surface area contributed by atoms with Gasteiger partial charge < -0.3 is 20.1 Å². The fourth-order valence-electron chi connectivity index (χ4n) is 4.08. The first-order chi connectivity index (χ1) is 14.2. The monoisotopic (exact) mass is 389 g/mol. The van der Waals surface area contributed by atoms with Crippen LogP contribution in [0.5, 0.6) is 0 Å². The summed E-state index contributed by atoms with van der Waals surface area (Å²) in [4.78, 5) is 28.2. The highest BCUT2D eigenvalue weighted by atomic mass is 16.1. The molecule has 0 aliphatic carbocycles. The second kappa shape index (κ2) is 7.20. The van der Waals surface area contributed by atoms with Crippen LogP contribution in [-0.4, -0.2) is 38.5 Å². The van der Waals surface area contributed by atoms with Crippen molar-refractivity contribution in [3.63, 3.8) is 0 Å². The Hall–Kier alpha value is -3.42. The van der Waals surface area contributed by atoms with Crippen molar-refractivity contribution in [1.82, 2.24) is 24.8 Å². The van der Waals surface area contributed by atoms with E-state index in [1.165, 1.54) is 19.3 Å². The van der Waals surface area contributed by atoms with Crippen LogP contribution in [0.1, 0.15) is 35.2 Å². The van der Waals surface area contributed by atoms with Gasteiger partial charge in [-0.15, -0.1) is 0 Å². The largest absolute Gasteiger partial charge is 0.370 e. The van der Waals surface area contributed by atoms with Crippen LogP contribution in [0, 0.1) is 0 Å². The minimum atomic E-state index is -0.0988. The molecular formula is C21H23N7O. The minimum Gasteiger partial charge on any atom is -0.370 e. The Bertz CT molecular complexity index is 1050. The molecule has 2 aliphatic heterocycles. The van der Waals surface area contributed by atoms with Crippen LogP contribution in [-0.2, 0) is 13.6 Å². The van der Waals surface area contributed by atoms with Gasteiger partial charge in [-0.25, -0.2) is 9.97 Å². The Morgan fingerprint density at radius 1 is 1.07 bits per heavy atom. The number of rotatable bonds is 4. The molecule has 1 saturated heterocycles. The number of nitrogens with zero attached hydrogens (tertiary/aromatic N) is 5. The van der Waals surface area contributed by atoms with Crippen LogP contribution in [0.4, 0.5) is 17.2 Å². The first-order valence-corrected chi connectivity index (χ1v) is 9.95. The molecule has 1 fully saturated rings. The number of amides is 1. The number of aromatic nitrogens is 4. The van der Waals surface area contributed by atoms with E-state index in [1.54, 1.807) is 18.7 Å². The smallest absolute Gasteiger partial charge is 0.254 e. The summed E-state index contributed by atoms with van der Waals surface area (Å²) in [5, 5.41) is 6.19. The summed E-state index contributed by atoms with van der Waals surface area (Å²) in [6.07, 6.45) is 10.9. The highest BCUT2D eigenvalue weighted by Gasteiger charge is 2.28. The van der Waals surface area contributed by atoms with Crippen molar-refractivity contribution < 1.29 is 4.79 Å². The Labute approximate surface area is 169 Å². The molecule has 0 unspecified atom stereocenters. The molecule has 8 heteroatoms. The Morgan fingerprint density at radius 3 is 2.66 bits per heavy atom. The summed E-state index contributed by atoms with van der Waals surface area (Å²) in [7, 11) is 1.92. The number of aryl methyl sites for hydroxylation is 1. The predicted octanol–water partition coefficient (Wildman–Crippen LogP) is 2.85. The van der Waals surface area contributed by atoms with Gasteiger partial charge in [0.15, 0.2) is 0 Å². The molecule has 148 valence electrons. The molecule has 0 atom stereocenters. The van der Waals surface area contributed by atoms with E-state index in [9.17, 15) is 4.79 Å². The Balaban J connectivity index is 1.44. The van der Waals surface area contributed by atoms with Crippen LogP contribution in [0.25, 0.3) is 11.4 Å². The number of piperidine rings is 1. The quantitative estimate of drug-likeness (QED) is 0.713. The third-order valence-corrected chi connectivity index (χ3v) is 5.62. The highest BCUT2D eigenvalue weighted by Crippen LogP contribution is 2.33. The molecule has 0 bridgehead atoms. The molecule has 3 aromatic rings. The molecule has 2 aliphatic rings. The average molecular weight is 389 g/mol. The van der Waals surface area contributed by atoms with E-state index < -0.39 is 0 Å². The number of imidazole rings is 1. The standard InChI is InChI=1S/C21H23N7O/c1-27-13-22-12-17(27)20-15-10-25-21(29)19(15)16(11-24-20)26-18-6-5-14(9-23-18)28-7-3-2-4-8-28/h5-6,9,11-13H,2-4,7-8,10H2,1H3,(H,23,26)(H,25,29). The second-order valence-corrected chi connectivity index (χ2v) is 7.52. The topological polar surface area (TPSA) is 88.0 Å². The van der Waals surface area contributed by atoms with Crippen molar-refractivity contribution in [2.75, 3.05) is 23.3 Å². The number of anilines is 3. The fourth-order valence-corrected chi connectivity index (χ4v) is 4.08. The number of fused-ring (bicyclic) bond motifs is 1. The third-order valence-electron chi connectivity index (χ3n) is 5.62. The fraction of sp³-hybridized carbons (Fsp3) is 0.333. The Kier molecular flexibility index (Phi) is 4.38. The van der Waals surface area contributed by atoms with Crippen LogP contribution >= 0.6 is 0 Å². The van der Waals surface area contributed by atoms with E-state index in [1.807, 2.05) is 23.9 Å². The lowest BCUT2D eigenvalue weighted by Crippen LogP contribution is -2.29. The van der Waals surface area contributed by atoms with Crippen molar-refractivity contribution in [2.24, 2.45) is 7.05 Å². The van der Waals surface area contributed by atoms with Crippen LogP contribution in [0.2, 0.25) is 0 Å². The van der Waals surface area contributed by atoms with Crippen molar-refractivity contribution in [3.8, 4) is 11.4 Å². The maximum Gasteiger partial charge on any atom is 0.254 e. The molecule has 5 heterocycles. The molecule has 8 nitrogen and oxygen atoms in total. The lowest BCUT2D eigenvalue weighted by molar-refractivity contribution is 0.0966. The summed E-state index contributed by atoms with van der Waals surface area (Å²) in [6.45, 7) is 2.63. The summed E-state index contributed by atoms with van der Waals surface area (Å²) in [5.74, 6) is 0.598. The maximum absolute atomic E-state index is 12.5. The van der Waals surface area contributed by atoms with Gasteiger partial charge in [-0.05, 0) is 31.4 Å². The van der Waals surface area contributed by atoms with Gasteiger partial charge in [-0.3, -0.25) is 9.78 Å². The first kappa shape index (κ1) is 17.7. The van der Waals surface area contributed by atoms with Crippen molar-refractivity contribution in [3.05, 3.63) is 48.2 Å². The molecule has 3 aromatic heterocycles. The third kappa shape index (κ3) is 3.20. The van der Waals surface area contributed by atoms with E-state index in [-0.39, 0.29) is 5.91 Å². The van der Waals surface area contributed by atoms with Crippen LogP contribution in [0.3, 0.4) is 0 Å². The number of hydrogen-bond donors (Lipinski definition) is 2. The SMILES string of the molecule is Cn1cncc1-c1ncc(Nc2ccc(N3CCCCC3)cn2)c2c1CNC2=O. The van der Waals surface area contributed by atoms with E-state index in [4.69, 9.17) is 0 Å². The van der Waals surface area contributed by atoms with Crippen molar-refractivity contribution in [2.45, 2.75) is 25.8 Å². The lowest BCUT2D eigenvalue weighted by Gasteiger charge is -2.28. The molecule has 0 saturated carbocycles. The number of carbonyl (C=O) groups excluding carboxylic acids is 1. The van der Waals surface area contributed by atoms with Gasteiger partial charge in [-0.2, -0.15) is 0 Å². The van der Waals surface area contributed by atoms with E-state index in [0.717, 1.165) is 35.7 Å². The van der Waals surface area contributed by atoms with E-state index in [2.05, 4.69) is 36.6 Å². The molecule has 0 radical (unpaired) electrons. The average Bonchev–Trinajstić information content (AvgIpc) is 3.36. The van der Waals surface area contributed by atoms with Gasteiger partial charge in [0.1, 0.15) is 5.82 Å². The molecule has 5 rings (SSSR count). The number of hydrogen-bond acceptors (Lipinski definition) is 6. The zero-order valence-electron chi connectivity index (χ0n) is 16.4. The minimum absolute atomic E-state index is 0.0988. The lowest BCUT2D eigenvalue weighted by atomic mass is 10.1. The normalized spacial score (nSPS) is 15.9. The van der Waals surface area contributed by atoms with Crippen LogP contribution in [0.15, 0.2) is 37.1 Å². The number of nitrogens with one attached hydrogen (secondary N) is 2. The molecular weight excluding hydrogens is 366 g/mol. The molecule has 29 heavy (non-hydrogen) atoms. The van der Waals surface area contributed by atoms with E-state index in [0.29, 0.717) is 23.6 Å². The first-order valence-electron chi connectivity index (χ1n) is 9.95. The van der Waals surface area contributed by atoms with Gasteiger partial charge in [-0.1, -0.05) is 0 Å². The summed E-state index contributed by atoms with van der Waals surface area (Å²) < 4.78 is 1.90.